The van der Waals surface area contributed by atoms with Crippen molar-refractivity contribution in [2.24, 2.45) is 5.92 Å². The van der Waals surface area contributed by atoms with Gasteiger partial charge in [-0.3, -0.25) is 4.90 Å². The van der Waals surface area contributed by atoms with Gasteiger partial charge in [0.25, 0.3) is 0 Å². The van der Waals surface area contributed by atoms with Crippen molar-refractivity contribution in [1.82, 2.24) is 9.62 Å². The summed E-state index contributed by atoms with van der Waals surface area (Å²) >= 11 is 0. The molecule has 0 aromatic heterocycles. The lowest BCUT2D eigenvalue weighted by molar-refractivity contribution is 0.0877. The Morgan fingerprint density at radius 3 is 2.53 bits per heavy atom. The molecule has 0 bridgehead atoms. The summed E-state index contributed by atoms with van der Waals surface area (Å²) in [5.41, 5.74) is 5.76. The van der Waals surface area contributed by atoms with Crippen molar-refractivity contribution < 1.29 is 8.42 Å². The monoisotopic (exact) mass is 425 g/mol. The van der Waals surface area contributed by atoms with Gasteiger partial charge in [-0.2, -0.15) is 0 Å². The predicted molar refractivity (Wildman–Crippen MR) is 122 cm³/mol. The third-order valence-corrected chi connectivity index (χ3v) is 7.63. The Kier molecular flexibility index (Phi) is 5.81. The maximum atomic E-state index is 10.8. The summed E-state index contributed by atoms with van der Waals surface area (Å²) in [5.74, 6) is 0.947. The van der Waals surface area contributed by atoms with Crippen molar-refractivity contribution in [2.75, 3.05) is 37.6 Å². The molecular formula is C24H31N3O2S. The highest BCUT2D eigenvalue weighted by atomic mass is 32.2. The molecule has 1 aliphatic carbocycles. The maximum absolute atomic E-state index is 10.8. The second-order valence-electron chi connectivity index (χ2n) is 9.07. The Morgan fingerprint density at radius 1 is 1.03 bits per heavy atom. The lowest BCUT2D eigenvalue weighted by atomic mass is 9.74. The van der Waals surface area contributed by atoms with Crippen LogP contribution in [0.4, 0.5) is 5.69 Å². The van der Waals surface area contributed by atoms with E-state index in [0.717, 1.165) is 19.5 Å². The Balaban J connectivity index is 1.37. The number of aryl methyl sites for hydroxylation is 1. The Morgan fingerprint density at radius 2 is 1.83 bits per heavy atom. The molecule has 2 aliphatic heterocycles. The topological polar surface area (TPSA) is 52.7 Å². The van der Waals surface area contributed by atoms with Gasteiger partial charge in [-0.15, -0.1) is 0 Å². The smallest absolute Gasteiger partial charge is 0.201 e. The number of hydrogen-bond acceptors (Lipinski definition) is 4. The highest BCUT2D eigenvalue weighted by molar-refractivity contribution is 7.70. The van der Waals surface area contributed by atoms with Crippen molar-refractivity contribution in [3.8, 4) is 0 Å². The van der Waals surface area contributed by atoms with Crippen LogP contribution in [-0.4, -0.2) is 52.1 Å². The molecule has 2 fully saturated rings. The van der Waals surface area contributed by atoms with Gasteiger partial charge in [-0.05, 0) is 67.6 Å². The minimum Gasteiger partial charge on any atom is -0.371 e. The van der Waals surface area contributed by atoms with Gasteiger partial charge in [0.15, 0.2) is 0 Å². The van der Waals surface area contributed by atoms with E-state index >= 15 is 0 Å². The van der Waals surface area contributed by atoms with Crippen LogP contribution in [-0.2, 0) is 23.7 Å². The van der Waals surface area contributed by atoms with Crippen LogP contribution >= 0.6 is 0 Å². The molecule has 2 heterocycles. The molecule has 1 N–H and O–H groups in total. The summed E-state index contributed by atoms with van der Waals surface area (Å²) in [6, 6.07) is 18.6. The number of anilines is 1. The first-order chi connectivity index (χ1) is 14.7. The van der Waals surface area contributed by atoms with Crippen LogP contribution in [0.1, 0.15) is 35.4 Å². The first-order valence-electron chi connectivity index (χ1n) is 11.2. The molecule has 5 nitrogen and oxygen atoms in total. The molecule has 6 heteroatoms. The van der Waals surface area contributed by atoms with Crippen molar-refractivity contribution in [2.45, 2.75) is 37.6 Å². The fourth-order valence-electron chi connectivity index (χ4n) is 5.40. The van der Waals surface area contributed by atoms with E-state index in [1.54, 1.807) is 0 Å². The minimum atomic E-state index is -2.49. The summed E-state index contributed by atoms with van der Waals surface area (Å²) in [5, 5.41) is 0. The number of fused-ring (bicyclic) bond motifs is 1. The molecule has 0 amide bonds. The maximum Gasteiger partial charge on any atom is 0.201 e. The average Bonchev–Trinajstić information content (AvgIpc) is 2.67. The van der Waals surface area contributed by atoms with Gasteiger partial charge in [0.05, 0.1) is 0 Å². The Bertz CT molecular complexity index is 944. The first-order valence-corrected chi connectivity index (χ1v) is 12.4. The zero-order valence-corrected chi connectivity index (χ0v) is 18.3. The predicted octanol–water partition coefficient (Wildman–Crippen LogP) is 2.59. The van der Waals surface area contributed by atoms with Crippen LogP contribution in [0.15, 0.2) is 48.5 Å². The summed E-state index contributed by atoms with van der Waals surface area (Å²) in [7, 11) is -2.49. The molecule has 30 heavy (non-hydrogen) atoms. The summed E-state index contributed by atoms with van der Waals surface area (Å²) in [6.07, 6.45) is 4.86. The summed E-state index contributed by atoms with van der Waals surface area (Å²) in [4.78, 5) is 5.08. The molecule has 0 unspecified atom stereocenters. The standard InChI is InChI=1S/C24H31N3O2S/c28-30(29)25-15-19-16-27(17-19)21-9-7-20-8-10-24(26-11-4-12-26)23(22(20)14-21)13-18-5-2-1-3-6-18/h1-3,5-7,9,14,19,23-24,30H,4,8,10-13,15-17H2,(H,25,28,29)/t23-,24+/m1/s1. The van der Waals surface area contributed by atoms with Gasteiger partial charge >= 0.3 is 0 Å². The second-order valence-corrected chi connectivity index (χ2v) is 9.90. The molecule has 0 radical (unpaired) electrons. The van der Waals surface area contributed by atoms with Crippen molar-refractivity contribution >= 4 is 16.6 Å². The van der Waals surface area contributed by atoms with Crippen molar-refractivity contribution in [3.05, 3.63) is 65.2 Å². The number of hydrogen-bond donors (Lipinski definition) is 2. The van der Waals surface area contributed by atoms with Crippen LogP contribution < -0.4 is 9.62 Å². The van der Waals surface area contributed by atoms with Crippen LogP contribution in [0.2, 0.25) is 0 Å². The van der Waals surface area contributed by atoms with Crippen molar-refractivity contribution in [3.63, 3.8) is 0 Å². The molecule has 2 aromatic rings. The zero-order valence-electron chi connectivity index (χ0n) is 17.4. The van der Waals surface area contributed by atoms with E-state index in [-0.39, 0.29) is 0 Å². The molecule has 160 valence electrons. The average molecular weight is 426 g/mol. The normalized spacial score (nSPS) is 24.4. The number of rotatable bonds is 7. The van der Waals surface area contributed by atoms with E-state index in [1.165, 1.54) is 54.7 Å². The van der Waals surface area contributed by atoms with Crippen LogP contribution in [0.5, 0.6) is 0 Å². The van der Waals surface area contributed by atoms with Gasteiger partial charge in [0.2, 0.25) is 10.9 Å². The third-order valence-electron chi connectivity index (χ3n) is 7.19. The van der Waals surface area contributed by atoms with Crippen LogP contribution in [0, 0.1) is 5.92 Å². The third kappa shape index (κ3) is 4.13. The largest absolute Gasteiger partial charge is 0.371 e. The van der Waals surface area contributed by atoms with Gasteiger partial charge in [-0.25, -0.2) is 13.1 Å². The Hall–Kier alpha value is -1.89. The summed E-state index contributed by atoms with van der Waals surface area (Å²) in [6.45, 7) is 4.89. The van der Waals surface area contributed by atoms with Gasteiger partial charge in [-0.1, -0.05) is 36.4 Å². The number of thiol groups is 1. The Labute approximate surface area is 181 Å². The molecular weight excluding hydrogens is 394 g/mol. The van der Waals surface area contributed by atoms with Gasteiger partial charge in [0.1, 0.15) is 0 Å². The molecule has 0 saturated carbocycles. The minimum absolute atomic E-state index is 0.405. The molecule has 5 rings (SSSR count). The lowest BCUT2D eigenvalue weighted by Gasteiger charge is -2.46. The van der Waals surface area contributed by atoms with E-state index in [2.05, 4.69) is 63.1 Å². The lowest BCUT2D eigenvalue weighted by Crippen LogP contribution is -2.51. The molecule has 2 atom stereocenters. The van der Waals surface area contributed by atoms with E-state index in [0.29, 0.717) is 24.4 Å². The van der Waals surface area contributed by atoms with Gasteiger partial charge < -0.3 is 4.90 Å². The van der Waals surface area contributed by atoms with E-state index in [4.69, 9.17) is 0 Å². The molecule has 3 aliphatic rings. The molecule has 2 saturated heterocycles. The van der Waals surface area contributed by atoms with Gasteiger partial charge in [0, 0.05) is 43.2 Å². The SMILES string of the molecule is O=[SH](=O)NCC1CN(c2ccc3c(c2)[C@@H](Cc2ccccc2)[C@@H](N2CCC2)CC3)C1. The molecule has 2 aromatic carbocycles. The van der Waals surface area contributed by atoms with Crippen molar-refractivity contribution in [1.29, 1.82) is 0 Å². The second kappa shape index (κ2) is 8.69. The fraction of sp³-hybridized carbons (Fsp3) is 0.500. The quantitative estimate of drug-likeness (QED) is 0.670. The number of benzene rings is 2. The van der Waals surface area contributed by atoms with Crippen LogP contribution in [0.25, 0.3) is 0 Å². The number of likely N-dealkylation sites (tertiary alicyclic amines) is 1. The van der Waals surface area contributed by atoms with E-state index in [9.17, 15) is 8.42 Å². The highest BCUT2D eigenvalue weighted by Gasteiger charge is 2.36. The number of nitrogens with one attached hydrogen (secondary N) is 1. The summed E-state index contributed by atoms with van der Waals surface area (Å²) < 4.78 is 24.1. The fourth-order valence-corrected chi connectivity index (χ4v) is 5.81. The highest BCUT2D eigenvalue weighted by Crippen LogP contribution is 2.41. The number of nitrogens with zero attached hydrogens (tertiary/aromatic N) is 2. The zero-order chi connectivity index (χ0) is 20.5. The first kappa shape index (κ1) is 20.0. The van der Waals surface area contributed by atoms with E-state index < -0.39 is 10.9 Å². The van der Waals surface area contributed by atoms with Crippen LogP contribution in [0.3, 0.4) is 0 Å². The van der Waals surface area contributed by atoms with E-state index in [1.807, 2.05) is 0 Å². The molecule has 0 spiro atoms.